The number of rotatable bonds is 1. The van der Waals surface area contributed by atoms with Crippen LogP contribution in [0.15, 0.2) is 6.07 Å². The lowest BCUT2D eigenvalue weighted by Crippen LogP contribution is -1.97. The van der Waals surface area contributed by atoms with Crippen LogP contribution in [0.4, 0.5) is 8.78 Å². The topological polar surface area (TPSA) is 41.6 Å². The van der Waals surface area contributed by atoms with E-state index < -0.39 is 6.43 Å². The standard InChI is InChI=1S/C6H5F2N3.C2H6/c1-11-5(6(7)8)2-4(3-9)10-11;1-2/h2,6H,1H3;1-2H3. The van der Waals surface area contributed by atoms with Gasteiger partial charge in [0.1, 0.15) is 11.8 Å². The van der Waals surface area contributed by atoms with E-state index in [-0.39, 0.29) is 11.4 Å². The van der Waals surface area contributed by atoms with Crippen LogP contribution < -0.4 is 0 Å². The highest BCUT2D eigenvalue weighted by atomic mass is 19.3. The largest absolute Gasteiger partial charge is 0.280 e. The summed E-state index contributed by atoms with van der Waals surface area (Å²) in [5.74, 6) is 0. The van der Waals surface area contributed by atoms with Crippen molar-refractivity contribution in [2.45, 2.75) is 20.3 Å². The first kappa shape index (κ1) is 11.6. The molecule has 0 radical (unpaired) electrons. The molecule has 0 fully saturated rings. The first-order valence-corrected chi connectivity index (χ1v) is 3.87. The molecule has 1 aromatic heterocycles. The molecule has 0 unspecified atom stereocenters. The summed E-state index contributed by atoms with van der Waals surface area (Å²) in [6.45, 7) is 4.00. The molecule has 1 aromatic rings. The Morgan fingerprint density at radius 3 is 2.31 bits per heavy atom. The predicted octanol–water partition coefficient (Wildman–Crippen LogP) is 2.26. The third-order valence-corrected chi connectivity index (χ3v) is 1.25. The molecular weight excluding hydrogens is 176 g/mol. The molecular formula is C8H11F2N3. The second-order valence-electron chi connectivity index (χ2n) is 1.99. The first-order chi connectivity index (χ1) is 6.15. The maximum Gasteiger partial charge on any atom is 0.280 e. The average Bonchev–Trinajstić information content (AvgIpc) is 2.50. The Kier molecular flexibility index (Phi) is 4.67. The van der Waals surface area contributed by atoms with Crippen molar-refractivity contribution in [3.05, 3.63) is 17.5 Å². The number of aromatic nitrogens is 2. The van der Waals surface area contributed by atoms with Crippen LogP contribution in [0, 0.1) is 11.3 Å². The third-order valence-electron chi connectivity index (χ3n) is 1.25. The zero-order valence-electron chi connectivity index (χ0n) is 7.75. The third kappa shape index (κ3) is 2.82. The summed E-state index contributed by atoms with van der Waals surface area (Å²) >= 11 is 0. The summed E-state index contributed by atoms with van der Waals surface area (Å²) in [6, 6.07) is 2.75. The van der Waals surface area contributed by atoms with Gasteiger partial charge in [-0.2, -0.15) is 10.4 Å². The number of alkyl halides is 2. The van der Waals surface area contributed by atoms with Crippen molar-refractivity contribution in [2.24, 2.45) is 7.05 Å². The molecule has 0 saturated heterocycles. The molecule has 3 nitrogen and oxygen atoms in total. The van der Waals surface area contributed by atoms with Crippen LogP contribution in [0.25, 0.3) is 0 Å². The van der Waals surface area contributed by atoms with Gasteiger partial charge in [-0.25, -0.2) is 8.78 Å². The lowest BCUT2D eigenvalue weighted by Gasteiger charge is -1.96. The first-order valence-electron chi connectivity index (χ1n) is 3.87. The number of halogens is 2. The Labute approximate surface area is 75.6 Å². The van der Waals surface area contributed by atoms with Crippen molar-refractivity contribution in [1.29, 1.82) is 5.26 Å². The Bertz CT molecular complexity index is 299. The van der Waals surface area contributed by atoms with E-state index in [2.05, 4.69) is 5.10 Å². The van der Waals surface area contributed by atoms with Crippen LogP contribution in [0.2, 0.25) is 0 Å². The SMILES string of the molecule is CC.Cn1nc(C#N)cc1C(F)F. The number of aryl methyl sites for hydroxylation is 1. The number of nitriles is 1. The van der Waals surface area contributed by atoms with Gasteiger partial charge in [0.25, 0.3) is 6.43 Å². The minimum atomic E-state index is -2.57. The van der Waals surface area contributed by atoms with E-state index in [0.29, 0.717) is 0 Å². The molecule has 13 heavy (non-hydrogen) atoms. The summed E-state index contributed by atoms with van der Waals surface area (Å²) in [4.78, 5) is 0. The fourth-order valence-corrected chi connectivity index (χ4v) is 0.741. The molecule has 0 amide bonds. The van der Waals surface area contributed by atoms with Crippen molar-refractivity contribution < 1.29 is 8.78 Å². The Morgan fingerprint density at radius 2 is 2.08 bits per heavy atom. The fraction of sp³-hybridized carbons (Fsp3) is 0.500. The molecule has 5 heteroatoms. The summed E-state index contributed by atoms with van der Waals surface area (Å²) < 4.78 is 25.0. The normalized spacial score (nSPS) is 9.00. The highest BCUT2D eigenvalue weighted by Crippen LogP contribution is 2.17. The molecule has 0 N–H and O–H groups in total. The molecule has 1 rings (SSSR count). The molecule has 0 aliphatic carbocycles. The van der Waals surface area contributed by atoms with Gasteiger partial charge in [-0.1, -0.05) is 13.8 Å². The van der Waals surface area contributed by atoms with Gasteiger partial charge < -0.3 is 0 Å². The molecule has 72 valence electrons. The molecule has 0 aromatic carbocycles. The Morgan fingerprint density at radius 1 is 1.54 bits per heavy atom. The molecule has 0 spiro atoms. The summed E-state index contributed by atoms with van der Waals surface area (Å²) in [6.07, 6.45) is -2.57. The molecule has 1 heterocycles. The zero-order valence-corrected chi connectivity index (χ0v) is 7.75. The summed E-state index contributed by atoms with van der Waals surface area (Å²) in [5, 5.41) is 11.8. The molecule has 0 atom stereocenters. The smallest absolute Gasteiger partial charge is 0.266 e. The molecule has 0 aliphatic rings. The van der Waals surface area contributed by atoms with Crippen molar-refractivity contribution in [1.82, 2.24) is 9.78 Å². The number of hydrogen-bond donors (Lipinski definition) is 0. The highest BCUT2D eigenvalue weighted by Gasteiger charge is 2.13. The average molecular weight is 187 g/mol. The van der Waals surface area contributed by atoms with Crippen LogP contribution in [-0.4, -0.2) is 9.78 Å². The van der Waals surface area contributed by atoms with E-state index in [0.717, 1.165) is 10.7 Å². The van der Waals surface area contributed by atoms with Gasteiger partial charge in [0, 0.05) is 13.1 Å². The van der Waals surface area contributed by atoms with E-state index in [1.165, 1.54) is 7.05 Å². The maximum absolute atomic E-state index is 12.0. The van der Waals surface area contributed by atoms with Crippen molar-refractivity contribution in [2.75, 3.05) is 0 Å². The van der Waals surface area contributed by atoms with Crippen molar-refractivity contribution in [3.8, 4) is 6.07 Å². The van der Waals surface area contributed by atoms with Gasteiger partial charge in [-0.3, -0.25) is 4.68 Å². The lowest BCUT2D eigenvalue weighted by molar-refractivity contribution is 0.141. The Balaban J connectivity index is 0.000000671. The summed E-state index contributed by atoms with van der Waals surface area (Å²) in [7, 11) is 1.38. The monoisotopic (exact) mass is 187 g/mol. The van der Waals surface area contributed by atoms with Gasteiger partial charge in [0.2, 0.25) is 0 Å². The highest BCUT2D eigenvalue weighted by molar-refractivity contribution is 5.22. The molecule has 0 bridgehead atoms. The van der Waals surface area contributed by atoms with Crippen LogP contribution in [0.3, 0.4) is 0 Å². The van der Waals surface area contributed by atoms with E-state index in [4.69, 9.17) is 5.26 Å². The van der Waals surface area contributed by atoms with Crippen LogP contribution in [0.1, 0.15) is 31.7 Å². The van der Waals surface area contributed by atoms with E-state index in [1.807, 2.05) is 13.8 Å². The minimum Gasteiger partial charge on any atom is -0.266 e. The summed E-state index contributed by atoms with van der Waals surface area (Å²) in [5.41, 5.74) is -0.218. The number of hydrogen-bond acceptors (Lipinski definition) is 2. The lowest BCUT2D eigenvalue weighted by atomic mass is 10.4. The van der Waals surface area contributed by atoms with Gasteiger partial charge in [0.15, 0.2) is 5.69 Å². The predicted molar refractivity (Wildman–Crippen MR) is 44.2 cm³/mol. The fourth-order valence-electron chi connectivity index (χ4n) is 0.741. The van der Waals surface area contributed by atoms with Crippen LogP contribution in [-0.2, 0) is 7.05 Å². The maximum atomic E-state index is 12.0. The zero-order chi connectivity index (χ0) is 10.4. The second-order valence-corrected chi connectivity index (χ2v) is 1.99. The molecule has 0 aliphatic heterocycles. The van der Waals surface area contributed by atoms with Crippen molar-refractivity contribution in [3.63, 3.8) is 0 Å². The van der Waals surface area contributed by atoms with Crippen molar-refractivity contribution >= 4 is 0 Å². The number of nitrogens with zero attached hydrogens (tertiary/aromatic N) is 3. The molecule has 0 saturated carbocycles. The second kappa shape index (κ2) is 5.25. The minimum absolute atomic E-state index is 0.0165. The van der Waals surface area contributed by atoms with Gasteiger partial charge in [0.05, 0.1) is 0 Å². The van der Waals surface area contributed by atoms with Gasteiger partial charge in [-0.15, -0.1) is 0 Å². The Hall–Kier alpha value is -1.44. The quantitative estimate of drug-likeness (QED) is 0.676. The van der Waals surface area contributed by atoms with E-state index in [9.17, 15) is 8.78 Å². The van der Waals surface area contributed by atoms with E-state index in [1.54, 1.807) is 6.07 Å². The van der Waals surface area contributed by atoms with E-state index >= 15 is 0 Å². The van der Waals surface area contributed by atoms with Crippen LogP contribution >= 0.6 is 0 Å². The van der Waals surface area contributed by atoms with Gasteiger partial charge >= 0.3 is 0 Å². The van der Waals surface area contributed by atoms with Gasteiger partial charge in [-0.05, 0) is 0 Å². The van der Waals surface area contributed by atoms with Crippen LogP contribution in [0.5, 0.6) is 0 Å².